The van der Waals surface area contributed by atoms with E-state index in [0.717, 1.165) is 0 Å². The van der Waals surface area contributed by atoms with Gasteiger partial charge in [-0.1, -0.05) is 12.1 Å². The highest BCUT2D eigenvalue weighted by molar-refractivity contribution is 6.14. The van der Waals surface area contributed by atoms with Crippen LogP contribution in [-0.2, 0) is 9.47 Å². The average molecular weight is 374 g/mol. The summed E-state index contributed by atoms with van der Waals surface area (Å²) < 4.78 is 14.9. The minimum atomic E-state index is -0.980. The van der Waals surface area contributed by atoms with Crippen LogP contribution in [0.25, 0.3) is 0 Å². The van der Waals surface area contributed by atoms with Crippen LogP contribution in [0.5, 0.6) is 0 Å². The van der Waals surface area contributed by atoms with E-state index in [0.29, 0.717) is 0 Å². The zero-order valence-corrected chi connectivity index (χ0v) is 15.0. The van der Waals surface area contributed by atoms with Gasteiger partial charge in [-0.25, -0.2) is 9.59 Å². The zero-order valence-electron chi connectivity index (χ0n) is 15.0. The lowest BCUT2D eigenvalue weighted by Gasteiger charge is -2.08. The molecule has 0 unspecified atom stereocenters. The van der Waals surface area contributed by atoms with Crippen molar-refractivity contribution >= 4 is 29.6 Å². The van der Waals surface area contributed by atoms with Crippen LogP contribution in [0.4, 0.5) is 5.88 Å². The topological polar surface area (TPSA) is 138 Å². The molecule has 0 bridgehead atoms. The van der Waals surface area contributed by atoms with Gasteiger partial charge >= 0.3 is 11.9 Å². The molecule has 1 heterocycles. The Labute approximate surface area is 154 Å². The monoisotopic (exact) mass is 374 g/mol. The first-order valence-electron chi connectivity index (χ1n) is 7.90. The summed E-state index contributed by atoms with van der Waals surface area (Å²) in [6, 6.07) is 5.92. The van der Waals surface area contributed by atoms with E-state index in [1.165, 1.54) is 26.2 Å². The maximum absolute atomic E-state index is 12.6. The molecule has 2 aromatic rings. The van der Waals surface area contributed by atoms with Crippen LogP contribution in [0.1, 0.15) is 54.1 Å². The highest BCUT2D eigenvalue weighted by Crippen LogP contribution is 2.28. The van der Waals surface area contributed by atoms with Gasteiger partial charge in [-0.15, -0.1) is 0 Å². The van der Waals surface area contributed by atoms with Gasteiger partial charge in [0.15, 0.2) is 0 Å². The number of methoxy groups -OCH3 is 1. The van der Waals surface area contributed by atoms with Gasteiger partial charge in [-0.05, 0) is 26.0 Å². The first-order valence-corrected chi connectivity index (χ1v) is 7.90. The second-order valence-corrected chi connectivity index (χ2v) is 5.31. The molecule has 0 aliphatic rings. The van der Waals surface area contributed by atoms with Crippen LogP contribution in [0.2, 0.25) is 0 Å². The summed E-state index contributed by atoms with van der Waals surface area (Å²) >= 11 is 0. The summed E-state index contributed by atoms with van der Waals surface area (Å²) in [5.74, 6) is -3.50. The third-order valence-corrected chi connectivity index (χ3v) is 3.61. The Bertz CT molecular complexity index is 914. The van der Waals surface area contributed by atoms with Crippen molar-refractivity contribution in [1.29, 1.82) is 0 Å². The first-order chi connectivity index (χ1) is 12.8. The molecule has 0 spiro atoms. The van der Waals surface area contributed by atoms with Gasteiger partial charge in [-0.3, -0.25) is 14.9 Å². The zero-order chi connectivity index (χ0) is 20.1. The summed E-state index contributed by atoms with van der Waals surface area (Å²) in [6.07, 6.45) is 0. The molecule has 0 aliphatic carbocycles. The highest BCUT2D eigenvalue weighted by Gasteiger charge is 2.30. The second-order valence-electron chi connectivity index (χ2n) is 5.31. The summed E-state index contributed by atoms with van der Waals surface area (Å²) in [5.41, 5.74) is 4.88. The summed E-state index contributed by atoms with van der Waals surface area (Å²) in [5, 5.41) is 2.36. The molecule has 27 heavy (non-hydrogen) atoms. The van der Waals surface area contributed by atoms with E-state index in [1.54, 1.807) is 19.1 Å². The summed E-state index contributed by atoms with van der Waals surface area (Å²) in [6.45, 7) is 3.11. The SMILES string of the molecule is CCOC(=O)c1c(C)oc(NC(=O)c2ccccc2C(=O)OC)c1C(N)=O. The number of carbonyl (C=O) groups is 4. The number of hydrogen-bond acceptors (Lipinski definition) is 7. The number of nitrogens with two attached hydrogens (primary N) is 1. The largest absolute Gasteiger partial charge is 0.465 e. The molecule has 1 aromatic heterocycles. The first kappa shape index (κ1) is 19.7. The normalized spacial score (nSPS) is 10.2. The van der Waals surface area contributed by atoms with Crippen molar-refractivity contribution in [3.63, 3.8) is 0 Å². The molecule has 2 amide bonds. The van der Waals surface area contributed by atoms with Gasteiger partial charge in [-0.2, -0.15) is 0 Å². The molecule has 0 fully saturated rings. The van der Waals surface area contributed by atoms with Gasteiger partial charge in [0.05, 0.1) is 24.8 Å². The number of nitrogens with one attached hydrogen (secondary N) is 1. The van der Waals surface area contributed by atoms with Gasteiger partial charge in [0.25, 0.3) is 11.8 Å². The van der Waals surface area contributed by atoms with E-state index in [-0.39, 0.29) is 40.5 Å². The molecule has 9 nitrogen and oxygen atoms in total. The van der Waals surface area contributed by atoms with Crippen molar-refractivity contribution in [2.75, 3.05) is 19.0 Å². The number of esters is 2. The molecule has 9 heteroatoms. The van der Waals surface area contributed by atoms with Crippen LogP contribution in [0, 0.1) is 6.92 Å². The summed E-state index contributed by atoms with van der Waals surface area (Å²) in [7, 11) is 1.18. The van der Waals surface area contributed by atoms with Crippen molar-refractivity contribution < 1.29 is 33.1 Å². The number of anilines is 1. The third-order valence-electron chi connectivity index (χ3n) is 3.61. The molecule has 2 rings (SSSR count). The van der Waals surface area contributed by atoms with E-state index in [2.05, 4.69) is 10.1 Å². The number of primary amides is 1. The predicted octanol–water partition coefficient (Wildman–Crippen LogP) is 1.90. The second kappa shape index (κ2) is 8.17. The minimum absolute atomic E-state index is 0.00786. The summed E-state index contributed by atoms with van der Waals surface area (Å²) in [4.78, 5) is 48.3. The van der Waals surface area contributed by atoms with Crippen molar-refractivity contribution in [2.24, 2.45) is 5.73 Å². The van der Waals surface area contributed by atoms with E-state index in [9.17, 15) is 19.2 Å². The van der Waals surface area contributed by atoms with Crippen molar-refractivity contribution in [3.05, 3.63) is 52.3 Å². The van der Waals surface area contributed by atoms with Crippen LogP contribution < -0.4 is 11.1 Å². The maximum Gasteiger partial charge on any atom is 0.342 e. The Morgan fingerprint density at radius 1 is 1.07 bits per heavy atom. The maximum atomic E-state index is 12.6. The van der Waals surface area contributed by atoms with E-state index in [1.807, 2.05) is 0 Å². The fraction of sp³-hybridized carbons (Fsp3) is 0.222. The minimum Gasteiger partial charge on any atom is -0.465 e. The molecule has 3 N–H and O–H groups in total. The van der Waals surface area contributed by atoms with E-state index < -0.39 is 23.8 Å². The molecular formula is C18H18N2O7. The fourth-order valence-corrected chi connectivity index (χ4v) is 2.46. The van der Waals surface area contributed by atoms with Crippen molar-refractivity contribution in [2.45, 2.75) is 13.8 Å². The van der Waals surface area contributed by atoms with Crippen molar-refractivity contribution in [3.8, 4) is 0 Å². The number of ether oxygens (including phenoxy) is 2. The molecular weight excluding hydrogens is 356 g/mol. The molecule has 0 saturated heterocycles. The molecule has 0 aliphatic heterocycles. The quantitative estimate of drug-likeness (QED) is 0.736. The van der Waals surface area contributed by atoms with Gasteiger partial charge in [0, 0.05) is 0 Å². The number of furan rings is 1. The Morgan fingerprint density at radius 2 is 1.70 bits per heavy atom. The van der Waals surface area contributed by atoms with Gasteiger partial charge in [0.2, 0.25) is 5.88 Å². The number of aryl methyl sites for hydroxylation is 1. The lowest BCUT2D eigenvalue weighted by Crippen LogP contribution is -2.21. The lowest BCUT2D eigenvalue weighted by molar-refractivity contribution is 0.0520. The van der Waals surface area contributed by atoms with Crippen LogP contribution in [-0.4, -0.2) is 37.5 Å². The Balaban J connectivity index is 2.45. The van der Waals surface area contributed by atoms with E-state index in [4.69, 9.17) is 14.9 Å². The number of hydrogen-bond donors (Lipinski definition) is 2. The van der Waals surface area contributed by atoms with Crippen LogP contribution >= 0.6 is 0 Å². The van der Waals surface area contributed by atoms with Gasteiger partial charge in [0.1, 0.15) is 16.9 Å². The molecule has 0 atom stereocenters. The number of rotatable bonds is 6. The Hall–Kier alpha value is -3.62. The standard InChI is InChI=1S/C18H18N2O7/c1-4-26-18(24)12-9(2)27-16(13(12)14(19)21)20-15(22)10-7-5-6-8-11(10)17(23)25-3/h5-8H,4H2,1-3H3,(H2,19,21)(H,20,22). The lowest BCUT2D eigenvalue weighted by atomic mass is 10.1. The number of amides is 2. The van der Waals surface area contributed by atoms with Crippen LogP contribution in [0.15, 0.2) is 28.7 Å². The third kappa shape index (κ3) is 3.97. The van der Waals surface area contributed by atoms with Crippen molar-refractivity contribution in [1.82, 2.24) is 0 Å². The Morgan fingerprint density at radius 3 is 2.26 bits per heavy atom. The highest BCUT2D eigenvalue weighted by atomic mass is 16.5. The van der Waals surface area contributed by atoms with E-state index >= 15 is 0 Å². The Kier molecular flexibility index (Phi) is 5.96. The molecule has 0 radical (unpaired) electrons. The predicted molar refractivity (Wildman–Crippen MR) is 93.7 cm³/mol. The smallest absolute Gasteiger partial charge is 0.342 e. The van der Waals surface area contributed by atoms with Crippen LogP contribution in [0.3, 0.4) is 0 Å². The average Bonchev–Trinajstić information content (AvgIpc) is 2.97. The molecule has 0 saturated carbocycles. The molecule has 1 aromatic carbocycles. The number of benzene rings is 1. The van der Waals surface area contributed by atoms with Gasteiger partial charge < -0.3 is 19.6 Å². The fourth-order valence-electron chi connectivity index (χ4n) is 2.46. The molecule has 142 valence electrons. The number of carbonyl (C=O) groups excluding carboxylic acids is 4.